The van der Waals surface area contributed by atoms with Crippen LogP contribution in [0.2, 0.25) is 0 Å². The summed E-state index contributed by atoms with van der Waals surface area (Å²) in [6.07, 6.45) is 4.92. The molecule has 2 rings (SSSR count). The van der Waals surface area contributed by atoms with Crippen LogP contribution in [0.5, 0.6) is 0 Å². The van der Waals surface area contributed by atoms with Crippen molar-refractivity contribution in [3.8, 4) is 0 Å². The van der Waals surface area contributed by atoms with Gasteiger partial charge in [-0.15, -0.1) is 0 Å². The zero-order chi connectivity index (χ0) is 13.7. The molecule has 0 radical (unpaired) electrons. The number of aromatic nitrogens is 2. The van der Waals surface area contributed by atoms with Gasteiger partial charge in [-0.2, -0.15) is 0 Å². The molecule has 1 unspecified atom stereocenters. The minimum Gasteiger partial charge on any atom is -0.330 e. The summed E-state index contributed by atoms with van der Waals surface area (Å²) in [5.74, 6) is 0. The van der Waals surface area contributed by atoms with E-state index in [2.05, 4.69) is 66.0 Å². The number of nitrogens with zero attached hydrogens (tertiary/aromatic N) is 2. The third-order valence-electron chi connectivity index (χ3n) is 3.29. The maximum absolute atomic E-state index is 4.29. The first-order valence-electron chi connectivity index (χ1n) is 6.95. The van der Waals surface area contributed by atoms with Crippen LogP contribution in [-0.2, 0) is 13.0 Å². The Morgan fingerprint density at radius 1 is 1.16 bits per heavy atom. The van der Waals surface area contributed by atoms with E-state index >= 15 is 0 Å². The molecular weight excluding hydrogens is 234 g/mol. The monoisotopic (exact) mass is 257 g/mol. The molecule has 0 amide bonds. The molecule has 0 fully saturated rings. The van der Waals surface area contributed by atoms with Crippen LogP contribution < -0.4 is 5.32 Å². The summed E-state index contributed by atoms with van der Waals surface area (Å²) < 4.78 is 2.27. The van der Waals surface area contributed by atoms with Gasteiger partial charge in [-0.05, 0) is 18.9 Å². The molecule has 2 aromatic rings. The molecule has 0 aliphatic carbocycles. The highest BCUT2D eigenvalue weighted by molar-refractivity contribution is 5.16. The highest BCUT2D eigenvalue weighted by Crippen LogP contribution is 2.16. The van der Waals surface area contributed by atoms with Gasteiger partial charge >= 0.3 is 0 Å². The Morgan fingerprint density at radius 3 is 2.58 bits per heavy atom. The number of hydrogen-bond donors (Lipinski definition) is 1. The molecule has 1 N–H and O–H groups in total. The lowest BCUT2D eigenvalue weighted by atomic mass is 10.1. The molecule has 19 heavy (non-hydrogen) atoms. The second kappa shape index (κ2) is 6.53. The highest BCUT2D eigenvalue weighted by Gasteiger charge is 2.10. The van der Waals surface area contributed by atoms with E-state index in [1.165, 1.54) is 11.3 Å². The first-order chi connectivity index (χ1) is 9.16. The Kier molecular flexibility index (Phi) is 4.74. The van der Waals surface area contributed by atoms with Crippen LogP contribution in [0.25, 0.3) is 0 Å². The van der Waals surface area contributed by atoms with E-state index in [-0.39, 0.29) is 0 Å². The molecule has 1 aromatic carbocycles. The smallest absolute Gasteiger partial charge is 0.0951 e. The van der Waals surface area contributed by atoms with E-state index < -0.39 is 0 Å². The second-order valence-corrected chi connectivity index (χ2v) is 5.37. The molecule has 0 aliphatic heterocycles. The Morgan fingerprint density at radius 2 is 1.89 bits per heavy atom. The van der Waals surface area contributed by atoms with Crippen molar-refractivity contribution in [3.63, 3.8) is 0 Å². The number of nitrogens with one attached hydrogen (secondary N) is 1. The summed E-state index contributed by atoms with van der Waals surface area (Å²) >= 11 is 0. The minimum atomic E-state index is 0.425. The molecule has 1 heterocycles. The van der Waals surface area contributed by atoms with Crippen LogP contribution >= 0.6 is 0 Å². The van der Waals surface area contributed by atoms with Gasteiger partial charge in [0.05, 0.1) is 12.0 Å². The normalized spacial score (nSPS) is 12.8. The zero-order valence-electron chi connectivity index (χ0n) is 12.0. The SMILES string of the molecule is CC(C)NCc1cncn1C(C)Cc1ccccc1. The first-order valence-corrected chi connectivity index (χ1v) is 6.95. The summed E-state index contributed by atoms with van der Waals surface area (Å²) in [5.41, 5.74) is 2.61. The van der Waals surface area contributed by atoms with E-state index in [9.17, 15) is 0 Å². The summed E-state index contributed by atoms with van der Waals surface area (Å²) in [4.78, 5) is 4.29. The van der Waals surface area contributed by atoms with E-state index in [0.29, 0.717) is 12.1 Å². The van der Waals surface area contributed by atoms with Crippen LogP contribution in [0.4, 0.5) is 0 Å². The lowest BCUT2D eigenvalue weighted by Gasteiger charge is -2.18. The summed E-state index contributed by atoms with van der Waals surface area (Å²) in [7, 11) is 0. The lowest BCUT2D eigenvalue weighted by Crippen LogP contribution is -2.24. The van der Waals surface area contributed by atoms with Crippen LogP contribution in [0.15, 0.2) is 42.9 Å². The second-order valence-electron chi connectivity index (χ2n) is 5.37. The van der Waals surface area contributed by atoms with Crippen molar-refractivity contribution < 1.29 is 0 Å². The van der Waals surface area contributed by atoms with Gasteiger partial charge in [0.15, 0.2) is 0 Å². The molecule has 0 bridgehead atoms. The predicted molar refractivity (Wildman–Crippen MR) is 79.1 cm³/mol. The predicted octanol–water partition coefficient (Wildman–Crippen LogP) is 3.18. The molecule has 0 spiro atoms. The van der Waals surface area contributed by atoms with E-state index in [4.69, 9.17) is 0 Å². The van der Waals surface area contributed by atoms with Crippen LogP contribution in [0, 0.1) is 0 Å². The van der Waals surface area contributed by atoms with Crippen molar-refractivity contribution in [2.45, 2.75) is 45.8 Å². The van der Waals surface area contributed by atoms with Crippen molar-refractivity contribution in [2.75, 3.05) is 0 Å². The number of imidazole rings is 1. The van der Waals surface area contributed by atoms with Gasteiger partial charge < -0.3 is 9.88 Å². The average Bonchev–Trinajstić information content (AvgIpc) is 2.86. The minimum absolute atomic E-state index is 0.425. The van der Waals surface area contributed by atoms with Gasteiger partial charge in [-0.1, -0.05) is 44.2 Å². The van der Waals surface area contributed by atoms with E-state index in [1.54, 1.807) is 0 Å². The average molecular weight is 257 g/mol. The quantitative estimate of drug-likeness (QED) is 0.861. The Labute approximate surface area is 115 Å². The van der Waals surface area contributed by atoms with Crippen LogP contribution in [-0.4, -0.2) is 15.6 Å². The maximum Gasteiger partial charge on any atom is 0.0951 e. The highest BCUT2D eigenvalue weighted by atomic mass is 15.1. The van der Waals surface area contributed by atoms with Crippen molar-refractivity contribution in [1.82, 2.24) is 14.9 Å². The molecule has 3 nitrogen and oxygen atoms in total. The van der Waals surface area contributed by atoms with Crippen molar-refractivity contribution in [3.05, 3.63) is 54.1 Å². The fourth-order valence-electron chi connectivity index (χ4n) is 2.23. The molecule has 1 aromatic heterocycles. The molecule has 1 atom stereocenters. The van der Waals surface area contributed by atoms with E-state index in [1.807, 2.05) is 12.5 Å². The van der Waals surface area contributed by atoms with E-state index in [0.717, 1.165) is 13.0 Å². The Hall–Kier alpha value is -1.61. The molecule has 0 saturated carbocycles. The zero-order valence-corrected chi connectivity index (χ0v) is 12.0. The van der Waals surface area contributed by atoms with Crippen molar-refractivity contribution in [1.29, 1.82) is 0 Å². The fourth-order valence-corrected chi connectivity index (χ4v) is 2.23. The number of rotatable bonds is 6. The number of hydrogen-bond acceptors (Lipinski definition) is 2. The molecular formula is C16H23N3. The van der Waals surface area contributed by atoms with Gasteiger partial charge in [0.2, 0.25) is 0 Å². The summed E-state index contributed by atoms with van der Waals surface area (Å²) in [6, 6.07) is 11.5. The van der Waals surface area contributed by atoms with Gasteiger partial charge in [0.1, 0.15) is 0 Å². The van der Waals surface area contributed by atoms with Crippen molar-refractivity contribution in [2.24, 2.45) is 0 Å². The van der Waals surface area contributed by atoms with Crippen molar-refractivity contribution >= 4 is 0 Å². The summed E-state index contributed by atoms with van der Waals surface area (Å²) in [6.45, 7) is 7.44. The standard InChI is InChI=1S/C16H23N3/c1-13(2)18-11-16-10-17-12-19(16)14(3)9-15-7-5-4-6-8-15/h4-8,10,12-14,18H,9,11H2,1-3H3. The third-order valence-corrected chi connectivity index (χ3v) is 3.29. The largest absolute Gasteiger partial charge is 0.330 e. The molecule has 0 aliphatic rings. The molecule has 3 heteroatoms. The van der Waals surface area contributed by atoms with Gasteiger partial charge in [0.25, 0.3) is 0 Å². The fraction of sp³-hybridized carbons (Fsp3) is 0.438. The molecule has 102 valence electrons. The Balaban J connectivity index is 2.03. The lowest BCUT2D eigenvalue weighted by molar-refractivity contribution is 0.497. The van der Waals surface area contributed by atoms with Gasteiger partial charge in [0, 0.05) is 24.8 Å². The third kappa shape index (κ3) is 3.93. The maximum atomic E-state index is 4.29. The van der Waals surface area contributed by atoms with Gasteiger partial charge in [-0.3, -0.25) is 0 Å². The van der Waals surface area contributed by atoms with Crippen LogP contribution in [0.1, 0.15) is 38.1 Å². The Bertz CT molecular complexity index is 488. The molecule has 0 saturated heterocycles. The first kappa shape index (κ1) is 13.8. The topological polar surface area (TPSA) is 29.9 Å². The summed E-state index contributed by atoms with van der Waals surface area (Å²) in [5, 5.41) is 3.45. The van der Waals surface area contributed by atoms with Gasteiger partial charge in [-0.25, -0.2) is 4.98 Å². The number of benzene rings is 1. The van der Waals surface area contributed by atoms with Crippen LogP contribution in [0.3, 0.4) is 0 Å².